The highest BCUT2D eigenvalue weighted by atomic mass is 79.9. The van der Waals surface area contributed by atoms with Gasteiger partial charge in [-0.2, -0.15) is 0 Å². The predicted molar refractivity (Wildman–Crippen MR) is 123 cm³/mol. The lowest BCUT2D eigenvalue weighted by molar-refractivity contribution is -0.113. The van der Waals surface area contributed by atoms with Gasteiger partial charge in [-0.15, -0.1) is 0 Å². The standard InChI is InChI=1S/C21H22BrN3O4S/c1-11-18(20(26)24-13-7-5-12(22)6-8-13)19(25-21(30)23-11)14-9-16(28-3)17(29-4)10-15(14)27-2/h5-10,19H,1-4H3,(H,24,26)(H2,23,25,30)/t19-/m1/s1. The maximum atomic E-state index is 13.2. The van der Waals surface area contributed by atoms with E-state index >= 15 is 0 Å². The number of halogens is 1. The zero-order chi connectivity index (χ0) is 21.8. The maximum absolute atomic E-state index is 13.2. The van der Waals surface area contributed by atoms with Gasteiger partial charge >= 0.3 is 0 Å². The van der Waals surface area contributed by atoms with E-state index in [2.05, 4.69) is 31.9 Å². The van der Waals surface area contributed by atoms with Gasteiger partial charge in [0.15, 0.2) is 16.6 Å². The van der Waals surface area contributed by atoms with Crippen LogP contribution in [0.2, 0.25) is 0 Å². The first-order chi connectivity index (χ1) is 14.4. The van der Waals surface area contributed by atoms with Gasteiger partial charge in [0.25, 0.3) is 5.91 Å². The second-order valence-corrected chi connectivity index (χ2v) is 7.80. The summed E-state index contributed by atoms with van der Waals surface area (Å²) >= 11 is 8.74. The molecule has 3 rings (SSSR count). The van der Waals surface area contributed by atoms with E-state index in [1.165, 1.54) is 0 Å². The number of anilines is 1. The molecule has 2 aromatic rings. The summed E-state index contributed by atoms with van der Waals surface area (Å²) in [7, 11) is 4.66. The summed E-state index contributed by atoms with van der Waals surface area (Å²) in [5.74, 6) is 1.32. The Morgan fingerprint density at radius 2 is 1.63 bits per heavy atom. The monoisotopic (exact) mass is 491 g/mol. The zero-order valence-electron chi connectivity index (χ0n) is 17.0. The molecule has 1 aliphatic rings. The fourth-order valence-corrected chi connectivity index (χ4v) is 3.77. The zero-order valence-corrected chi connectivity index (χ0v) is 19.4. The molecule has 7 nitrogen and oxygen atoms in total. The SMILES string of the molecule is COc1cc(OC)c([C@H]2NC(=S)NC(C)=C2C(=O)Nc2ccc(Br)cc2)cc1OC. The molecular weight excluding hydrogens is 470 g/mol. The molecule has 0 radical (unpaired) electrons. The Morgan fingerprint density at radius 3 is 2.23 bits per heavy atom. The quantitative estimate of drug-likeness (QED) is 0.528. The van der Waals surface area contributed by atoms with Crippen molar-refractivity contribution in [2.45, 2.75) is 13.0 Å². The predicted octanol–water partition coefficient (Wildman–Crippen LogP) is 3.91. The van der Waals surface area contributed by atoms with E-state index < -0.39 is 6.04 Å². The van der Waals surface area contributed by atoms with Gasteiger partial charge in [-0.1, -0.05) is 15.9 Å². The summed E-state index contributed by atoms with van der Waals surface area (Å²) in [5.41, 5.74) is 2.50. The van der Waals surface area contributed by atoms with Crippen LogP contribution in [0.15, 0.2) is 52.1 Å². The van der Waals surface area contributed by atoms with Gasteiger partial charge in [0.1, 0.15) is 5.75 Å². The summed E-state index contributed by atoms with van der Waals surface area (Å²) in [6.07, 6.45) is 0. The largest absolute Gasteiger partial charge is 0.496 e. The molecular formula is C21H22BrN3O4S. The van der Waals surface area contributed by atoms with Crippen molar-refractivity contribution in [3.8, 4) is 17.2 Å². The fourth-order valence-electron chi connectivity index (χ4n) is 3.24. The van der Waals surface area contributed by atoms with E-state index in [9.17, 15) is 4.79 Å². The number of amides is 1. The summed E-state index contributed by atoms with van der Waals surface area (Å²) in [6.45, 7) is 1.81. The molecule has 1 aliphatic heterocycles. The number of thiocarbonyl (C=S) groups is 1. The number of ether oxygens (including phenoxy) is 3. The Balaban J connectivity index is 2.05. The topological polar surface area (TPSA) is 80.9 Å². The summed E-state index contributed by atoms with van der Waals surface area (Å²) in [6, 6.07) is 10.3. The van der Waals surface area contributed by atoms with Crippen molar-refractivity contribution in [1.29, 1.82) is 0 Å². The number of nitrogens with one attached hydrogen (secondary N) is 3. The van der Waals surface area contributed by atoms with Crippen LogP contribution in [0.5, 0.6) is 17.2 Å². The Labute approximate surface area is 188 Å². The highest BCUT2D eigenvalue weighted by Crippen LogP contribution is 2.40. The second-order valence-electron chi connectivity index (χ2n) is 6.48. The first-order valence-corrected chi connectivity index (χ1v) is 10.2. The number of benzene rings is 2. The molecule has 0 spiro atoms. The third-order valence-electron chi connectivity index (χ3n) is 4.66. The van der Waals surface area contributed by atoms with Crippen molar-refractivity contribution in [3.05, 3.63) is 57.7 Å². The number of rotatable bonds is 6. The molecule has 0 aliphatic carbocycles. The van der Waals surface area contributed by atoms with Crippen molar-refractivity contribution >= 4 is 44.9 Å². The van der Waals surface area contributed by atoms with Crippen LogP contribution in [0.1, 0.15) is 18.5 Å². The normalized spacial score (nSPS) is 15.8. The molecule has 0 saturated carbocycles. The molecule has 0 unspecified atom stereocenters. The van der Waals surface area contributed by atoms with Crippen molar-refractivity contribution < 1.29 is 19.0 Å². The average Bonchev–Trinajstić information content (AvgIpc) is 2.73. The molecule has 0 aromatic heterocycles. The van der Waals surface area contributed by atoms with Crippen LogP contribution in [-0.4, -0.2) is 32.3 Å². The molecule has 3 N–H and O–H groups in total. The minimum Gasteiger partial charge on any atom is -0.496 e. The van der Waals surface area contributed by atoms with Crippen molar-refractivity contribution in [3.63, 3.8) is 0 Å². The third-order valence-corrected chi connectivity index (χ3v) is 5.41. The molecule has 2 aromatic carbocycles. The van der Waals surface area contributed by atoms with Crippen LogP contribution in [0.25, 0.3) is 0 Å². The lowest BCUT2D eigenvalue weighted by Gasteiger charge is -2.31. The second kappa shape index (κ2) is 9.36. The first-order valence-electron chi connectivity index (χ1n) is 9.03. The number of hydrogen-bond donors (Lipinski definition) is 3. The van der Waals surface area contributed by atoms with Gasteiger partial charge in [0.05, 0.1) is 32.9 Å². The lowest BCUT2D eigenvalue weighted by atomic mass is 9.93. The van der Waals surface area contributed by atoms with E-state index in [1.54, 1.807) is 33.5 Å². The fraction of sp³-hybridized carbons (Fsp3) is 0.238. The Morgan fingerprint density at radius 1 is 1.03 bits per heavy atom. The molecule has 30 heavy (non-hydrogen) atoms. The lowest BCUT2D eigenvalue weighted by Crippen LogP contribution is -2.45. The average molecular weight is 492 g/mol. The molecule has 1 heterocycles. The van der Waals surface area contributed by atoms with Crippen molar-refractivity contribution in [1.82, 2.24) is 10.6 Å². The summed E-state index contributed by atoms with van der Waals surface area (Å²) in [5, 5.41) is 9.54. The van der Waals surface area contributed by atoms with Crippen LogP contribution in [0.3, 0.4) is 0 Å². The molecule has 0 fully saturated rings. The Hall–Kier alpha value is -2.78. The number of carbonyl (C=O) groups excluding carboxylic acids is 1. The highest BCUT2D eigenvalue weighted by Gasteiger charge is 2.33. The van der Waals surface area contributed by atoms with Crippen LogP contribution < -0.4 is 30.2 Å². The molecule has 1 amide bonds. The van der Waals surface area contributed by atoms with Gasteiger partial charge in [0, 0.05) is 27.5 Å². The van der Waals surface area contributed by atoms with Gasteiger partial charge in [-0.3, -0.25) is 4.79 Å². The Bertz CT molecular complexity index is 1010. The number of carbonyl (C=O) groups is 1. The summed E-state index contributed by atoms with van der Waals surface area (Å²) < 4.78 is 17.3. The molecule has 1 atom stereocenters. The minimum absolute atomic E-state index is 0.265. The smallest absolute Gasteiger partial charge is 0.255 e. The van der Waals surface area contributed by atoms with Crippen LogP contribution in [0.4, 0.5) is 5.69 Å². The van der Waals surface area contributed by atoms with Gasteiger partial charge in [-0.05, 0) is 49.5 Å². The van der Waals surface area contributed by atoms with Crippen LogP contribution >= 0.6 is 28.1 Å². The number of hydrogen-bond acceptors (Lipinski definition) is 5. The summed E-state index contributed by atoms with van der Waals surface area (Å²) in [4.78, 5) is 13.2. The van der Waals surface area contributed by atoms with Gasteiger partial charge in [-0.25, -0.2) is 0 Å². The van der Waals surface area contributed by atoms with Crippen molar-refractivity contribution in [2.24, 2.45) is 0 Å². The third kappa shape index (κ3) is 4.52. The van der Waals surface area contributed by atoms with Crippen molar-refractivity contribution in [2.75, 3.05) is 26.6 Å². The molecule has 0 saturated heterocycles. The molecule has 0 bridgehead atoms. The molecule has 158 valence electrons. The highest BCUT2D eigenvalue weighted by molar-refractivity contribution is 9.10. The Kier molecular flexibility index (Phi) is 6.84. The van der Waals surface area contributed by atoms with Gasteiger partial charge in [0.2, 0.25) is 0 Å². The molecule has 9 heteroatoms. The minimum atomic E-state index is -0.552. The first kappa shape index (κ1) is 21.9. The number of methoxy groups -OCH3 is 3. The van der Waals surface area contributed by atoms with E-state index in [4.69, 9.17) is 26.4 Å². The number of allylic oxidation sites excluding steroid dienone is 1. The van der Waals surface area contributed by atoms with E-state index in [1.807, 2.05) is 31.2 Å². The van der Waals surface area contributed by atoms with Gasteiger partial charge < -0.3 is 30.2 Å². The van der Waals surface area contributed by atoms with E-state index in [0.717, 1.165) is 4.47 Å². The van der Waals surface area contributed by atoms with Crippen LogP contribution in [0, 0.1) is 0 Å². The maximum Gasteiger partial charge on any atom is 0.255 e. The van der Waals surface area contributed by atoms with E-state index in [0.29, 0.717) is 44.9 Å². The van der Waals surface area contributed by atoms with Crippen LogP contribution in [-0.2, 0) is 4.79 Å². The van der Waals surface area contributed by atoms with E-state index in [-0.39, 0.29) is 5.91 Å².